The Morgan fingerprint density at radius 2 is 1.88 bits per heavy atom. The number of hydrogen-bond donors (Lipinski definition) is 0. The SMILES string of the molecule is COc1ccc(CCN2C[C@H](C(=O)OCc3nnc(-c4ccccc4)o3)CC2=O)cc1OC. The molecule has 1 atom stereocenters. The van der Waals surface area contributed by atoms with Gasteiger partial charge in [0, 0.05) is 25.1 Å². The van der Waals surface area contributed by atoms with E-state index in [1.165, 1.54) is 0 Å². The molecule has 4 rings (SSSR count). The number of amides is 1. The Hall–Kier alpha value is -3.88. The Morgan fingerprint density at radius 1 is 1.09 bits per heavy atom. The monoisotopic (exact) mass is 451 g/mol. The maximum absolute atomic E-state index is 12.5. The van der Waals surface area contributed by atoms with Crippen LogP contribution >= 0.6 is 0 Å². The van der Waals surface area contributed by atoms with Crippen molar-refractivity contribution in [1.82, 2.24) is 15.1 Å². The third-order valence-corrected chi connectivity index (χ3v) is 5.49. The number of esters is 1. The standard InChI is InChI=1S/C24H25N3O6/c1-30-19-9-8-16(12-20(19)31-2)10-11-27-14-18(13-22(27)28)24(29)32-15-21-25-26-23(33-21)17-6-4-3-5-7-17/h3-9,12,18H,10-11,13-15H2,1-2H3/t18-/m1/s1. The van der Waals surface area contributed by atoms with Crippen LogP contribution in [0.5, 0.6) is 11.5 Å². The van der Waals surface area contributed by atoms with Gasteiger partial charge in [-0.25, -0.2) is 0 Å². The molecule has 33 heavy (non-hydrogen) atoms. The van der Waals surface area contributed by atoms with E-state index in [9.17, 15) is 9.59 Å². The van der Waals surface area contributed by atoms with Gasteiger partial charge in [0.15, 0.2) is 18.1 Å². The minimum Gasteiger partial charge on any atom is -0.493 e. The third-order valence-electron chi connectivity index (χ3n) is 5.49. The van der Waals surface area contributed by atoms with Gasteiger partial charge in [-0.3, -0.25) is 9.59 Å². The number of aromatic nitrogens is 2. The lowest BCUT2D eigenvalue weighted by atomic mass is 10.1. The number of benzene rings is 2. The molecule has 0 aliphatic carbocycles. The number of carbonyl (C=O) groups excluding carboxylic acids is 2. The number of hydrogen-bond acceptors (Lipinski definition) is 8. The quantitative estimate of drug-likeness (QED) is 0.458. The van der Waals surface area contributed by atoms with Crippen molar-refractivity contribution in [3.63, 3.8) is 0 Å². The van der Waals surface area contributed by atoms with Crippen molar-refractivity contribution in [2.24, 2.45) is 5.92 Å². The van der Waals surface area contributed by atoms with Crippen LogP contribution in [0, 0.1) is 5.92 Å². The minimum absolute atomic E-state index is 0.0680. The Labute approximate surface area is 191 Å². The van der Waals surface area contributed by atoms with Gasteiger partial charge < -0.3 is 23.5 Å². The van der Waals surface area contributed by atoms with Crippen molar-refractivity contribution >= 4 is 11.9 Å². The summed E-state index contributed by atoms with van der Waals surface area (Å²) >= 11 is 0. The van der Waals surface area contributed by atoms with Crippen molar-refractivity contribution in [3.05, 3.63) is 60.0 Å². The van der Waals surface area contributed by atoms with Crippen LogP contribution in [0.25, 0.3) is 11.5 Å². The van der Waals surface area contributed by atoms with Gasteiger partial charge in [0.25, 0.3) is 5.89 Å². The van der Waals surface area contributed by atoms with Crippen molar-refractivity contribution in [1.29, 1.82) is 0 Å². The summed E-state index contributed by atoms with van der Waals surface area (Å²) in [7, 11) is 3.17. The van der Waals surface area contributed by atoms with Gasteiger partial charge in [-0.2, -0.15) is 0 Å². The predicted octanol–water partition coefficient (Wildman–Crippen LogP) is 2.89. The van der Waals surface area contributed by atoms with Crippen LogP contribution in [-0.4, -0.2) is 54.3 Å². The van der Waals surface area contributed by atoms with Crippen molar-refractivity contribution in [2.75, 3.05) is 27.3 Å². The molecular weight excluding hydrogens is 426 g/mol. The number of likely N-dealkylation sites (tertiary alicyclic amines) is 1. The van der Waals surface area contributed by atoms with Gasteiger partial charge in [-0.15, -0.1) is 10.2 Å². The molecule has 0 radical (unpaired) electrons. The molecule has 2 heterocycles. The molecule has 0 bridgehead atoms. The average Bonchev–Trinajstić information content (AvgIpc) is 3.48. The summed E-state index contributed by atoms with van der Waals surface area (Å²) in [4.78, 5) is 26.6. The van der Waals surface area contributed by atoms with Crippen molar-refractivity contribution in [3.8, 4) is 23.0 Å². The predicted molar refractivity (Wildman–Crippen MR) is 117 cm³/mol. The smallest absolute Gasteiger partial charge is 0.311 e. The summed E-state index contributed by atoms with van der Waals surface area (Å²) in [6, 6.07) is 15.0. The van der Waals surface area contributed by atoms with Gasteiger partial charge in [0.05, 0.1) is 20.1 Å². The fourth-order valence-corrected chi connectivity index (χ4v) is 3.71. The zero-order valence-corrected chi connectivity index (χ0v) is 18.5. The molecule has 1 aromatic heterocycles. The largest absolute Gasteiger partial charge is 0.493 e. The summed E-state index contributed by atoms with van der Waals surface area (Å²) in [5.74, 6) is 0.826. The van der Waals surface area contributed by atoms with E-state index in [-0.39, 0.29) is 24.8 Å². The topological polar surface area (TPSA) is 104 Å². The number of methoxy groups -OCH3 is 2. The lowest BCUT2D eigenvalue weighted by Crippen LogP contribution is -2.28. The van der Waals surface area contributed by atoms with Crippen LogP contribution in [-0.2, 0) is 27.4 Å². The second kappa shape index (κ2) is 10.2. The molecule has 1 aliphatic rings. The van der Waals surface area contributed by atoms with Crippen molar-refractivity contribution in [2.45, 2.75) is 19.4 Å². The van der Waals surface area contributed by atoms with E-state index in [0.717, 1.165) is 11.1 Å². The molecule has 9 nitrogen and oxygen atoms in total. The molecule has 2 aromatic carbocycles. The minimum atomic E-state index is -0.514. The first-order chi connectivity index (χ1) is 16.1. The van der Waals surface area contributed by atoms with Gasteiger partial charge in [0.2, 0.25) is 11.8 Å². The van der Waals surface area contributed by atoms with Crippen LogP contribution in [0.4, 0.5) is 0 Å². The van der Waals surface area contributed by atoms with E-state index in [2.05, 4.69) is 10.2 Å². The normalized spacial score (nSPS) is 15.5. The van der Waals surface area contributed by atoms with Gasteiger partial charge in [0.1, 0.15) is 0 Å². The molecule has 0 saturated carbocycles. The summed E-state index contributed by atoms with van der Waals surface area (Å²) in [5.41, 5.74) is 1.80. The summed E-state index contributed by atoms with van der Waals surface area (Å²) in [6.07, 6.45) is 0.766. The van der Waals surface area contributed by atoms with E-state index in [1.807, 2.05) is 48.5 Å². The molecule has 0 unspecified atom stereocenters. The van der Waals surface area contributed by atoms with Crippen LogP contribution in [0.15, 0.2) is 52.9 Å². The Kier molecular flexibility index (Phi) is 6.87. The summed E-state index contributed by atoms with van der Waals surface area (Å²) < 4.78 is 21.5. The van der Waals surface area contributed by atoms with Crippen LogP contribution < -0.4 is 9.47 Å². The molecular formula is C24H25N3O6. The molecule has 172 valence electrons. The molecule has 1 amide bonds. The van der Waals surface area contributed by atoms with E-state index in [1.54, 1.807) is 19.1 Å². The first kappa shape index (κ1) is 22.3. The summed E-state index contributed by atoms with van der Waals surface area (Å²) in [6.45, 7) is 0.696. The first-order valence-electron chi connectivity index (χ1n) is 10.6. The highest BCUT2D eigenvalue weighted by molar-refractivity contribution is 5.86. The Morgan fingerprint density at radius 3 is 2.64 bits per heavy atom. The molecule has 0 spiro atoms. The van der Waals surface area contributed by atoms with E-state index < -0.39 is 11.9 Å². The van der Waals surface area contributed by atoms with Gasteiger partial charge in [-0.1, -0.05) is 24.3 Å². The first-order valence-corrected chi connectivity index (χ1v) is 10.6. The average molecular weight is 451 g/mol. The van der Waals surface area contributed by atoms with E-state index in [4.69, 9.17) is 18.6 Å². The Balaban J connectivity index is 1.27. The number of nitrogens with zero attached hydrogens (tertiary/aromatic N) is 3. The van der Waals surface area contributed by atoms with Crippen LogP contribution in [0.2, 0.25) is 0 Å². The fourth-order valence-electron chi connectivity index (χ4n) is 3.71. The summed E-state index contributed by atoms with van der Waals surface area (Å²) in [5, 5.41) is 7.90. The Bertz CT molecular complexity index is 1110. The second-order valence-corrected chi connectivity index (χ2v) is 7.65. The van der Waals surface area contributed by atoms with Crippen LogP contribution in [0.1, 0.15) is 17.9 Å². The highest BCUT2D eigenvalue weighted by Gasteiger charge is 2.35. The zero-order chi connectivity index (χ0) is 23.2. The van der Waals surface area contributed by atoms with Gasteiger partial charge >= 0.3 is 5.97 Å². The number of ether oxygens (including phenoxy) is 3. The molecule has 3 aromatic rings. The zero-order valence-electron chi connectivity index (χ0n) is 18.5. The third kappa shape index (κ3) is 5.31. The fraction of sp³-hybridized carbons (Fsp3) is 0.333. The molecule has 0 N–H and O–H groups in total. The van der Waals surface area contributed by atoms with E-state index in [0.29, 0.717) is 36.9 Å². The maximum atomic E-state index is 12.5. The molecule has 1 aliphatic heterocycles. The lowest BCUT2D eigenvalue weighted by Gasteiger charge is -2.17. The van der Waals surface area contributed by atoms with Gasteiger partial charge in [-0.05, 0) is 36.2 Å². The lowest BCUT2D eigenvalue weighted by molar-refractivity contribution is -0.150. The maximum Gasteiger partial charge on any atom is 0.311 e. The molecule has 9 heteroatoms. The highest BCUT2D eigenvalue weighted by Crippen LogP contribution is 2.28. The van der Waals surface area contributed by atoms with Crippen LogP contribution in [0.3, 0.4) is 0 Å². The number of rotatable bonds is 9. The van der Waals surface area contributed by atoms with Crippen molar-refractivity contribution < 1.29 is 28.2 Å². The second-order valence-electron chi connectivity index (χ2n) is 7.65. The van der Waals surface area contributed by atoms with E-state index >= 15 is 0 Å². The number of carbonyl (C=O) groups is 2. The molecule has 1 saturated heterocycles. The molecule has 1 fully saturated rings. The highest BCUT2D eigenvalue weighted by atomic mass is 16.5.